The SMILES string of the molecule is COC(=O)COc1ccncc1. The average Bonchev–Trinajstić information content (AvgIpc) is 2.16. The molecule has 0 saturated heterocycles. The standard InChI is InChI=1S/C8H9NO3/c1-11-8(10)6-12-7-2-4-9-5-3-7/h2-5H,6H2,1H3. The lowest BCUT2D eigenvalue weighted by atomic mass is 10.4. The van der Waals surface area contributed by atoms with Gasteiger partial charge in [0.15, 0.2) is 6.61 Å². The highest BCUT2D eigenvalue weighted by Crippen LogP contribution is 2.05. The van der Waals surface area contributed by atoms with E-state index in [0.717, 1.165) is 0 Å². The number of esters is 1. The molecule has 0 radical (unpaired) electrons. The van der Waals surface area contributed by atoms with Gasteiger partial charge in [0, 0.05) is 12.4 Å². The normalized spacial score (nSPS) is 9.08. The van der Waals surface area contributed by atoms with Crippen LogP contribution >= 0.6 is 0 Å². The molecule has 0 aliphatic heterocycles. The Labute approximate surface area is 70.1 Å². The van der Waals surface area contributed by atoms with Crippen molar-refractivity contribution in [2.75, 3.05) is 13.7 Å². The maximum absolute atomic E-state index is 10.6. The predicted molar refractivity (Wildman–Crippen MR) is 41.7 cm³/mol. The molecule has 0 aliphatic rings. The number of methoxy groups -OCH3 is 1. The number of carbonyl (C=O) groups excluding carboxylic acids is 1. The van der Waals surface area contributed by atoms with Crippen LogP contribution in [0.4, 0.5) is 0 Å². The van der Waals surface area contributed by atoms with Gasteiger partial charge in [-0.2, -0.15) is 0 Å². The number of hydrogen-bond acceptors (Lipinski definition) is 4. The fourth-order valence-corrected chi connectivity index (χ4v) is 0.636. The van der Waals surface area contributed by atoms with Crippen molar-refractivity contribution in [2.45, 2.75) is 0 Å². The highest BCUT2D eigenvalue weighted by Gasteiger charge is 1.99. The summed E-state index contributed by atoms with van der Waals surface area (Å²) >= 11 is 0. The Bertz CT molecular complexity index is 248. The lowest BCUT2D eigenvalue weighted by Gasteiger charge is -2.02. The minimum absolute atomic E-state index is 0.0689. The lowest BCUT2D eigenvalue weighted by molar-refractivity contribution is -0.142. The monoisotopic (exact) mass is 167 g/mol. The number of rotatable bonds is 3. The van der Waals surface area contributed by atoms with Gasteiger partial charge in [0.25, 0.3) is 0 Å². The van der Waals surface area contributed by atoms with Crippen LogP contribution in [-0.4, -0.2) is 24.7 Å². The molecule has 1 aromatic rings. The van der Waals surface area contributed by atoms with Crippen molar-refractivity contribution in [1.29, 1.82) is 0 Å². The van der Waals surface area contributed by atoms with E-state index in [9.17, 15) is 4.79 Å². The number of pyridine rings is 1. The van der Waals surface area contributed by atoms with Gasteiger partial charge in [-0.1, -0.05) is 0 Å². The van der Waals surface area contributed by atoms with Gasteiger partial charge in [-0.3, -0.25) is 4.98 Å². The third-order valence-electron chi connectivity index (χ3n) is 1.23. The molecule has 64 valence electrons. The van der Waals surface area contributed by atoms with Gasteiger partial charge >= 0.3 is 5.97 Å². The van der Waals surface area contributed by atoms with Crippen molar-refractivity contribution >= 4 is 5.97 Å². The number of aromatic nitrogens is 1. The van der Waals surface area contributed by atoms with Crippen LogP contribution in [0.5, 0.6) is 5.75 Å². The number of carbonyl (C=O) groups is 1. The summed E-state index contributed by atoms with van der Waals surface area (Å²) in [6.07, 6.45) is 3.18. The molecule has 12 heavy (non-hydrogen) atoms. The Morgan fingerprint density at radius 1 is 1.50 bits per heavy atom. The van der Waals surface area contributed by atoms with Gasteiger partial charge in [-0.05, 0) is 12.1 Å². The van der Waals surface area contributed by atoms with Crippen molar-refractivity contribution in [1.82, 2.24) is 4.98 Å². The quantitative estimate of drug-likeness (QED) is 0.619. The number of nitrogens with zero attached hydrogens (tertiary/aromatic N) is 1. The molecule has 1 heterocycles. The van der Waals surface area contributed by atoms with E-state index >= 15 is 0 Å². The molecule has 4 nitrogen and oxygen atoms in total. The van der Waals surface area contributed by atoms with Gasteiger partial charge in [0.2, 0.25) is 0 Å². The molecule has 0 aromatic carbocycles. The maximum Gasteiger partial charge on any atom is 0.343 e. The molecule has 0 aliphatic carbocycles. The van der Waals surface area contributed by atoms with Crippen LogP contribution in [0, 0.1) is 0 Å². The van der Waals surface area contributed by atoms with Crippen LogP contribution in [0.2, 0.25) is 0 Å². The van der Waals surface area contributed by atoms with E-state index in [1.165, 1.54) is 7.11 Å². The number of ether oxygens (including phenoxy) is 2. The zero-order chi connectivity index (χ0) is 8.81. The second kappa shape index (κ2) is 4.33. The fourth-order valence-electron chi connectivity index (χ4n) is 0.636. The van der Waals surface area contributed by atoms with E-state index in [1.807, 2.05) is 0 Å². The number of hydrogen-bond donors (Lipinski definition) is 0. The minimum Gasteiger partial charge on any atom is -0.482 e. The van der Waals surface area contributed by atoms with Gasteiger partial charge < -0.3 is 9.47 Å². The first-order valence-corrected chi connectivity index (χ1v) is 3.42. The summed E-state index contributed by atoms with van der Waals surface area (Å²) in [6, 6.07) is 3.34. The van der Waals surface area contributed by atoms with Gasteiger partial charge in [0.05, 0.1) is 7.11 Å². The van der Waals surface area contributed by atoms with E-state index in [2.05, 4.69) is 9.72 Å². The van der Waals surface area contributed by atoms with Crippen LogP contribution in [0.3, 0.4) is 0 Å². The summed E-state index contributed by atoms with van der Waals surface area (Å²) in [4.78, 5) is 14.4. The molecule has 0 N–H and O–H groups in total. The Kier molecular flexibility index (Phi) is 3.07. The summed E-state index contributed by atoms with van der Waals surface area (Å²) in [6.45, 7) is -0.0689. The van der Waals surface area contributed by atoms with Crippen molar-refractivity contribution < 1.29 is 14.3 Å². The fraction of sp³-hybridized carbons (Fsp3) is 0.250. The second-order valence-electron chi connectivity index (χ2n) is 2.05. The first-order valence-electron chi connectivity index (χ1n) is 3.42. The molecule has 1 aromatic heterocycles. The van der Waals surface area contributed by atoms with E-state index in [4.69, 9.17) is 4.74 Å². The molecule has 0 saturated carbocycles. The van der Waals surface area contributed by atoms with Crippen LogP contribution < -0.4 is 4.74 Å². The first kappa shape index (κ1) is 8.52. The molecular formula is C8H9NO3. The summed E-state index contributed by atoms with van der Waals surface area (Å²) < 4.78 is 9.44. The summed E-state index contributed by atoms with van der Waals surface area (Å²) in [7, 11) is 1.32. The average molecular weight is 167 g/mol. The minimum atomic E-state index is -0.396. The van der Waals surface area contributed by atoms with Crippen molar-refractivity contribution in [2.24, 2.45) is 0 Å². The maximum atomic E-state index is 10.6. The van der Waals surface area contributed by atoms with E-state index in [1.54, 1.807) is 24.5 Å². The lowest BCUT2D eigenvalue weighted by Crippen LogP contribution is -2.12. The summed E-state index contributed by atoms with van der Waals surface area (Å²) in [5.41, 5.74) is 0. The molecular weight excluding hydrogens is 158 g/mol. The van der Waals surface area contributed by atoms with Crippen molar-refractivity contribution in [3.63, 3.8) is 0 Å². The third kappa shape index (κ3) is 2.57. The Balaban J connectivity index is 2.38. The first-order chi connectivity index (χ1) is 5.83. The molecule has 0 bridgehead atoms. The second-order valence-corrected chi connectivity index (χ2v) is 2.05. The largest absolute Gasteiger partial charge is 0.482 e. The Morgan fingerprint density at radius 3 is 2.75 bits per heavy atom. The molecule has 1 rings (SSSR count). The highest BCUT2D eigenvalue weighted by atomic mass is 16.6. The Morgan fingerprint density at radius 2 is 2.17 bits per heavy atom. The van der Waals surface area contributed by atoms with Crippen molar-refractivity contribution in [3.8, 4) is 5.75 Å². The molecule has 4 heteroatoms. The molecule has 0 amide bonds. The zero-order valence-electron chi connectivity index (χ0n) is 6.69. The van der Waals surface area contributed by atoms with Crippen LogP contribution in [0.15, 0.2) is 24.5 Å². The van der Waals surface area contributed by atoms with E-state index < -0.39 is 5.97 Å². The topological polar surface area (TPSA) is 48.4 Å². The van der Waals surface area contributed by atoms with E-state index in [0.29, 0.717) is 5.75 Å². The van der Waals surface area contributed by atoms with Crippen molar-refractivity contribution in [3.05, 3.63) is 24.5 Å². The molecule has 0 unspecified atom stereocenters. The summed E-state index contributed by atoms with van der Waals surface area (Å²) in [5.74, 6) is 0.210. The smallest absolute Gasteiger partial charge is 0.343 e. The van der Waals surface area contributed by atoms with Crippen LogP contribution in [0.25, 0.3) is 0 Å². The van der Waals surface area contributed by atoms with E-state index in [-0.39, 0.29) is 6.61 Å². The van der Waals surface area contributed by atoms with Gasteiger partial charge in [-0.25, -0.2) is 4.79 Å². The van der Waals surface area contributed by atoms with Gasteiger partial charge in [0.1, 0.15) is 5.75 Å². The molecule has 0 fully saturated rings. The summed E-state index contributed by atoms with van der Waals surface area (Å²) in [5, 5.41) is 0. The van der Waals surface area contributed by atoms with Gasteiger partial charge in [-0.15, -0.1) is 0 Å². The highest BCUT2D eigenvalue weighted by molar-refractivity contribution is 5.70. The van der Waals surface area contributed by atoms with Crippen LogP contribution in [-0.2, 0) is 9.53 Å². The predicted octanol–water partition coefficient (Wildman–Crippen LogP) is 0.633. The molecule has 0 spiro atoms. The molecule has 0 atom stereocenters. The third-order valence-corrected chi connectivity index (χ3v) is 1.23. The van der Waals surface area contributed by atoms with Crippen LogP contribution in [0.1, 0.15) is 0 Å². The zero-order valence-corrected chi connectivity index (χ0v) is 6.69. The Hall–Kier alpha value is -1.58.